The highest BCUT2D eigenvalue weighted by Gasteiger charge is 2.53. The summed E-state index contributed by atoms with van der Waals surface area (Å²) in [6.45, 7) is 0. The standard InChI is InChI=1S/C63H40N2/c1-64(39-30-33-47-46-20-6-11-25-54(46)62(57(47)36-39)52-23-9-2-16-42(52)43-17-3-10-24-53(43)62)40-31-34-48-49-35-32-41(65-60-28-14-7-21-50(60)51-22-8-15-29-61(51)65)38-59(49)63(58(48)37-40)55-26-12-4-18-44(55)45-19-5-13-27-56(45)63/h2-38H,1H3. The van der Waals surface area contributed by atoms with E-state index in [-0.39, 0.29) is 0 Å². The Balaban J connectivity index is 0.944. The van der Waals surface area contributed by atoms with Crippen LogP contribution >= 0.6 is 0 Å². The molecule has 0 saturated carbocycles. The molecule has 0 aliphatic heterocycles. The normalized spacial score (nSPS) is 14.5. The van der Waals surface area contributed by atoms with Crippen molar-refractivity contribution in [2.24, 2.45) is 0 Å². The second-order valence-electron chi connectivity index (χ2n) is 18.3. The van der Waals surface area contributed by atoms with Gasteiger partial charge in [0, 0.05) is 34.9 Å². The van der Waals surface area contributed by atoms with E-state index in [1.54, 1.807) is 0 Å². The van der Waals surface area contributed by atoms with E-state index in [1.807, 2.05) is 0 Å². The third-order valence-electron chi connectivity index (χ3n) is 15.7. The van der Waals surface area contributed by atoms with Gasteiger partial charge in [-0.3, -0.25) is 0 Å². The lowest BCUT2D eigenvalue weighted by molar-refractivity contribution is 0.791. The molecule has 4 aliphatic rings. The maximum absolute atomic E-state index is 2.51. The van der Waals surface area contributed by atoms with Crippen molar-refractivity contribution >= 4 is 33.2 Å². The molecule has 2 heteroatoms. The molecule has 0 bridgehead atoms. The van der Waals surface area contributed by atoms with E-state index in [0.29, 0.717) is 0 Å². The summed E-state index contributed by atoms with van der Waals surface area (Å²) < 4.78 is 2.47. The predicted octanol–water partition coefficient (Wildman–Crippen LogP) is 15.2. The Kier molecular flexibility index (Phi) is 6.78. The Hall–Kier alpha value is -8.20. The molecule has 0 saturated heterocycles. The fraction of sp³-hybridized carbons (Fsp3) is 0.0476. The van der Waals surface area contributed by atoms with E-state index >= 15 is 0 Å². The summed E-state index contributed by atoms with van der Waals surface area (Å²) in [6.07, 6.45) is 0. The first-order chi connectivity index (χ1) is 32.2. The van der Waals surface area contributed by atoms with Crippen LogP contribution in [0.1, 0.15) is 44.5 Å². The monoisotopic (exact) mass is 824 g/mol. The molecule has 11 aromatic rings. The average Bonchev–Trinajstić information content (AvgIpc) is 4.13. The summed E-state index contributed by atoms with van der Waals surface area (Å²) >= 11 is 0. The Morgan fingerprint density at radius 1 is 0.292 bits per heavy atom. The number of benzene rings is 10. The molecule has 0 N–H and O–H groups in total. The van der Waals surface area contributed by atoms with Gasteiger partial charge in [0.2, 0.25) is 0 Å². The van der Waals surface area contributed by atoms with Crippen molar-refractivity contribution in [3.63, 3.8) is 0 Å². The number of anilines is 2. The molecule has 65 heavy (non-hydrogen) atoms. The van der Waals surface area contributed by atoms with Gasteiger partial charge in [0.25, 0.3) is 0 Å². The molecule has 0 amide bonds. The van der Waals surface area contributed by atoms with Crippen molar-refractivity contribution in [3.05, 3.63) is 269 Å². The lowest BCUT2D eigenvalue weighted by Gasteiger charge is -2.32. The van der Waals surface area contributed by atoms with E-state index in [2.05, 4.69) is 241 Å². The maximum Gasteiger partial charge on any atom is 0.0727 e. The number of rotatable bonds is 3. The van der Waals surface area contributed by atoms with Gasteiger partial charge in [0.05, 0.1) is 21.9 Å². The zero-order chi connectivity index (χ0) is 42.6. The van der Waals surface area contributed by atoms with Gasteiger partial charge in [-0.15, -0.1) is 0 Å². The number of fused-ring (bicyclic) bond motifs is 23. The highest BCUT2D eigenvalue weighted by Crippen LogP contribution is 2.65. The van der Waals surface area contributed by atoms with Crippen LogP contribution in [0, 0.1) is 0 Å². The molecular formula is C63H40N2. The molecule has 1 aromatic heterocycles. The first kappa shape index (κ1) is 35.3. The number of hydrogen-bond donors (Lipinski definition) is 0. The zero-order valence-electron chi connectivity index (χ0n) is 35.8. The van der Waals surface area contributed by atoms with Gasteiger partial charge in [-0.05, 0) is 138 Å². The average molecular weight is 825 g/mol. The van der Waals surface area contributed by atoms with Crippen molar-refractivity contribution in [2.45, 2.75) is 10.8 Å². The van der Waals surface area contributed by atoms with Crippen molar-refractivity contribution in [1.29, 1.82) is 0 Å². The van der Waals surface area contributed by atoms with Gasteiger partial charge in [-0.2, -0.15) is 0 Å². The Bertz CT molecular complexity index is 3720. The van der Waals surface area contributed by atoms with Crippen LogP contribution in [-0.4, -0.2) is 11.6 Å². The van der Waals surface area contributed by atoms with E-state index in [1.165, 1.54) is 122 Å². The fourth-order valence-corrected chi connectivity index (χ4v) is 13.1. The molecule has 15 rings (SSSR count). The van der Waals surface area contributed by atoms with Crippen molar-refractivity contribution in [3.8, 4) is 50.2 Å². The van der Waals surface area contributed by atoms with Crippen LogP contribution in [0.5, 0.6) is 0 Å². The van der Waals surface area contributed by atoms with E-state index in [9.17, 15) is 0 Å². The van der Waals surface area contributed by atoms with E-state index < -0.39 is 10.8 Å². The van der Waals surface area contributed by atoms with Crippen LogP contribution in [0.15, 0.2) is 224 Å². The molecule has 0 radical (unpaired) electrons. The molecule has 2 nitrogen and oxygen atoms in total. The van der Waals surface area contributed by atoms with Crippen LogP contribution < -0.4 is 4.90 Å². The highest BCUT2D eigenvalue weighted by molar-refractivity contribution is 6.09. The second-order valence-corrected chi connectivity index (χ2v) is 18.3. The number of hydrogen-bond acceptors (Lipinski definition) is 1. The number of nitrogens with zero attached hydrogens (tertiary/aromatic N) is 2. The lowest BCUT2D eigenvalue weighted by Crippen LogP contribution is -2.27. The third-order valence-corrected chi connectivity index (χ3v) is 15.7. The van der Waals surface area contributed by atoms with Gasteiger partial charge in [-0.25, -0.2) is 0 Å². The largest absolute Gasteiger partial charge is 0.345 e. The molecule has 0 atom stereocenters. The van der Waals surface area contributed by atoms with Crippen molar-refractivity contribution in [2.75, 3.05) is 11.9 Å². The minimum atomic E-state index is -0.510. The molecule has 1 heterocycles. The Morgan fingerprint density at radius 3 is 1.02 bits per heavy atom. The van der Waals surface area contributed by atoms with Gasteiger partial charge in [0.15, 0.2) is 0 Å². The molecular weight excluding hydrogens is 785 g/mol. The molecule has 0 unspecified atom stereocenters. The minimum absolute atomic E-state index is 0.398. The molecule has 0 fully saturated rings. The summed E-state index contributed by atoms with van der Waals surface area (Å²) in [5, 5.41) is 2.54. The van der Waals surface area contributed by atoms with Gasteiger partial charge >= 0.3 is 0 Å². The number of para-hydroxylation sites is 2. The first-order valence-electron chi connectivity index (χ1n) is 22.8. The Morgan fingerprint density at radius 2 is 0.600 bits per heavy atom. The Labute approximate surface area is 378 Å². The SMILES string of the molecule is CN(c1ccc2c(c1)C1(c3ccccc3-c3ccccc31)c1ccccc1-2)c1ccc2c(c1)C1(c3ccccc3-c3ccccc31)c1cc(-n3c4ccccc4c4ccccc43)ccc1-2. The van der Waals surface area contributed by atoms with E-state index in [4.69, 9.17) is 0 Å². The summed E-state index contributed by atoms with van der Waals surface area (Å²) in [5.41, 5.74) is 26.3. The number of aromatic nitrogens is 1. The predicted molar refractivity (Wildman–Crippen MR) is 268 cm³/mol. The molecule has 2 spiro atoms. The quantitative estimate of drug-likeness (QED) is 0.172. The van der Waals surface area contributed by atoms with Crippen molar-refractivity contribution < 1.29 is 0 Å². The maximum atomic E-state index is 2.51. The first-order valence-corrected chi connectivity index (χ1v) is 22.8. The van der Waals surface area contributed by atoms with Crippen LogP contribution in [0.3, 0.4) is 0 Å². The molecule has 10 aromatic carbocycles. The van der Waals surface area contributed by atoms with Crippen LogP contribution in [-0.2, 0) is 10.8 Å². The minimum Gasteiger partial charge on any atom is -0.345 e. The summed E-state index contributed by atoms with van der Waals surface area (Å²) in [4.78, 5) is 2.41. The van der Waals surface area contributed by atoms with Crippen LogP contribution in [0.25, 0.3) is 72.0 Å². The van der Waals surface area contributed by atoms with Gasteiger partial charge in [0.1, 0.15) is 0 Å². The van der Waals surface area contributed by atoms with Crippen LogP contribution in [0.2, 0.25) is 0 Å². The fourth-order valence-electron chi connectivity index (χ4n) is 13.1. The van der Waals surface area contributed by atoms with Crippen LogP contribution in [0.4, 0.5) is 11.4 Å². The van der Waals surface area contributed by atoms with Crippen molar-refractivity contribution in [1.82, 2.24) is 4.57 Å². The topological polar surface area (TPSA) is 8.17 Å². The molecule has 302 valence electrons. The second kappa shape index (κ2) is 12.5. The lowest BCUT2D eigenvalue weighted by atomic mass is 9.70. The summed E-state index contributed by atoms with van der Waals surface area (Å²) in [5.74, 6) is 0. The van der Waals surface area contributed by atoms with Gasteiger partial charge in [-0.1, -0.05) is 176 Å². The summed E-state index contributed by atoms with van der Waals surface area (Å²) in [7, 11) is 2.25. The third kappa shape index (κ3) is 4.21. The summed E-state index contributed by atoms with van der Waals surface area (Å²) in [6, 6.07) is 84.8. The highest BCUT2D eigenvalue weighted by atomic mass is 15.1. The smallest absolute Gasteiger partial charge is 0.0727 e. The molecule has 4 aliphatic carbocycles. The van der Waals surface area contributed by atoms with E-state index in [0.717, 1.165) is 5.69 Å². The zero-order valence-corrected chi connectivity index (χ0v) is 35.8. The van der Waals surface area contributed by atoms with Gasteiger partial charge < -0.3 is 9.47 Å².